The maximum Gasteiger partial charge on any atom is 0.339 e. The molecule has 0 saturated heterocycles. The van der Waals surface area contributed by atoms with Gasteiger partial charge in [-0.25, -0.2) is 4.79 Å². The fourth-order valence-electron chi connectivity index (χ4n) is 1.52. The molecule has 2 aromatic heterocycles. The van der Waals surface area contributed by atoms with E-state index in [2.05, 4.69) is 10.1 Å². The largest absolute Gasteiger partial charge is 0.462 e. The Bertz CT molecular complexity index is 625. The van der Waals surface area contributed by atoms with Crippen LogP contribution in [0.15, 0.2) is 10.6 Å². The smallest absolute Gasteiger partial charge is 0.339 e. The molecule has 0 radical (unpaired) electrons. The predicted molar refractivity (Wildman–Crippen MR) is 57.2 cm³/mol. The number of hydrogen-bond acceptors (Lipinski definition) is 6. The lowest BCUT2D eigenvalue weighted by molar-refractivity contribution is 0.0528. The van der Waals surface area contributed by atoms with Crippen LogP contribution in [0.1, 0.15) is 28.7 Å². The van der Waals surface area contributed by atoms with E-state index in [-0.39, 0.29) is 23.6 Å². The second-order valence-corrected chi connectivity index (χ2v) is 3.34. The summed E-state index contributed by atoms with van der Waals surface area (Å²) in [5, 5.41) is 13.0. The van der Waals surface area contributed by atoms with E-state index < -0.39 is 5.97 Å². The molecule has 2 rings (SSSR count). The van der Waals surface area contributed by atoms with Crippen molar-refractivity contribution in [2.45, 2.75) is 13.8 Å². The Labute approximate surface area is 96.8 Å². The fourth-order valence-corrected chi connectivity index (χ4v) is 1.52. The second kappa shape index (κ2) is 4.22. The van der Waals surface area contributed by atoms with E-state index in [4.69, 9.17) is 14.5 Å². The van der Waals surface area contributed by atoms with E-state index in [1.807, 2.05) is 6.07 Å². The molecule has 6 nitrogen and oxygen atoms in total. The number of esters is 1. The molecule has 0 atom stereocenters. The number of carbonyl (C=O) groups is 1. The fraction of sp³-hybridized carbons (Fsp3) is 0.273. The Morgan fingerprint density at radius 2 is 2.41 bits per heavy atom. The van der Waals surface area contributed by atoms with Crippen molar-refractivity contribution >= 4 is 17.1 Å². The highest BCUT2D eigenvalue weighted by Gasteiger charge is 2.19. The zero-order valence-corrected chi connectivity index (χ0v) is 9.35. The first-order chi connectivity index (χ1) is 8.17. The molecule has 0 aliphatic rings. The van der Waals surface area contributed by atoms with Gasteiger partial charge >= 0.3 is 5.97 Å². The number of hydrogen-bond donors (Lipinski definition) is 0. The average Bonchev–Trinajstić information content (AvgIpc) is 2.70. The van der Waals surface area contributed by atoms with Crippen molar-refractivity contribution in [2.24, 2.45) is 0 Å². The normalized spacial score (nSPS) is 10.2. The molecule has 86 valence electrons. The maximum absolute atomic E-state index is 11.7. The predicted octanol–water partition coefficient (Wildman–Crippen LogP) is 1.58. The number of aryl methyl sites for hydroxylation is 1. The molecule has 0 fully saturated rings. The molecule has 0 saturated carbocycles. The SMILES string of the molecule is CCOC(=O)c1cc(C#N)nc2onc(C)c12. The molecule has 0 unspecified atom stereocenters. The van der Waals surface area contributed by atoms with E-state index in [9.17, 15) is 4.79 Å². The molecule has 0 aliphatic carbocycles. The van der Waals surface area contributed by atoms with E-state index in [0.29, 0.717) is 11.1 Å². The second-order valence-electron chi connectivity index (χ2n) is 3.34. The van der Waals surface area contributed by atoms with Gasteiger partial charge in [0.15, 0.2) is 0 Å². The van der Waals surface area contributed by atoms with Gasteiger partial charge in [-0.2, -0.15) is 10.2 Å². The molecule has 0 bridgehead atoms. The Hall–Kier alpha value is -2.42. The van der Waals surface area contributed by atoms with Gasteiger partial charge in [-0.1, -0.05) is 5.16 Å². The zero-order valence-electron chi connectivity index (χ0n) is 9.35. The van der Waals surface area contributed by atoms with E-state index in [1.54, 1.807) is 13.8 Å². The molecule has 6 heteroatoms. The highest BCUT2D eigenvalue weighted by atomic mass is 16.5. The minimum Gasteiger partial charge on any atom is -0.462 e. The van der Waals surface area contributed by atoms with Crippen molar-refractivity contribution in [3.05, 3.63) is 23.0 Å². The number of rotatable bonds is 2. The standard InChI is InChI=1S/C11H9N3O3/c1-3-16-11(15)8-4-7(5-12)13-10-9(8)6(2)14-17-10/h4H,3H2,1-2H3. The Balaban J connectivity index is 2.70. The van der Waals surface area contributed by atoms with Gasteiger partial charge in [0, 0.05) is 0 Å². The Kier molecular flexibility index (Phi) is 2.75. The molecule has 2 aromatic rings. The summed E-state index contributed by atoms with van der Waals surface area (Å²) in [6, 6.07) is 3.24. The summed E-state index contributed by atoms with van der Waals surface area (Å²) in [7, 11) is 0. The van der Waals surface area contributed by atoms with Gasteiger partial charge in [-0.3, -0.25) is 0 Å². The van der Waals surface area contributed by atoms with Crippen molar-refractivity contribution < 1.29 is 14.1 Å². The van der Waals surface area contributed by atoms with Gasteiger partial charge in [0.05, 0.1) is 23.3 Å². The van der Waals surface area contributed by atoms with Crippen molar-refractivity contribution in [1.82, 2.24) is 10.1 Å². The third-order valence-corrected chi connectivity index (χ3v) is 2.23. The molecular weight excluding hydrogens is 222 g/mol. The molecule has 2 heterocycles. The lowest BCUT2D eigenvalue weighted by Gasteiger charge is -2.02. The minimum atomic E-state index is -0.511. The third kappa shape index (κ3) is 1.83. The van der Waals surface area contributed by atoms with Gasteiger partial charge in [0.2, 0.25) is 0 Å². The van der Waals surface area contributed by atoms with Crippen LogP contribution in [0, 0.1) is 18.3 Å². The summed E-state index contributed by atoms with van der Waals surface area (Å²) in [6.07, 6.45) is 0. The van der Waals surface area contributed by atoms with Crippen LogP contribution in [0.2, 0.25) is 0 Å². The van der Waals surface area contributed by atoms with Gasteiger partial charge in [0.25, 0.3) is 5.71 Å². The number of nitriles is 1. The van der Waals surface area contributed by atoms with Gasteiger partial charge in [-0.05, 0) is 19.9 Å². The van der Waals surface area contributed by atoms with Crippen LogP contribution < -0.4 is 0 Å². The summed E-state index contributed by atoms with van der Waals surface area (Å²) in [5.74, 6) is -0.511. The minimum absolute atomic E-state index is 0.0942. The Morgan fingerprint density at radius 1 is 1.65 bits per heavy atom. The summed E-state index contributed by atoms with van der Waals surface area (Å²) in [5.41, 5.74) is 1.06. The molecule has 0 aliphatic heterocycles. The summed E-state index contributed by atoms with van der Waals surface area (Å²) < 4.78 is 9.85. The van der Waals surface area contributed by atoms with Crippen LogP contribution in [0.4, 0.5) is 0 Å². The Morgan fingerprint density at radius 3 is 3.06 bits per heavy atom. The average molecular weight is 231 g/mol. The third-order valence-electron chi connectivity index (χ3n) is 2.23. The van der Waals surface area contributed by atoms with Crippen LogP contribution in [-0.4, -0.2) is 22.7 Å². The lowest BCUT2D eigenvalue weighted by Crippen LogP contribution is -2.06. The monoisotopic (exact) mass is 231 g/mol. The van der Waals surface area contributed by atoms with Crippen molar-refractivity contribution in [3.8, 4) is 6.07 Å². The van der Waals surface area contributed by atoms with Crippen molar-refractivity contribution in [2.75, 3.05) is 6.61 Å². The van der Waals surface area contributed by atoms with E-state index in [1.165, 1.54) is 6.07 Å². The number of pyridine rings is 1. The van der Waals surface area contributed by atoms with Gasteiger partial charge in [-0.15, -0.1) is 0 Å². The summed E-state index contributed by atoms with van der Waals surface area (Å²) in [4.78, 5) is 15.7. The topological polar surface area (TPSA) is 89.0 Å². The van der Waals surface area contributed by atoms with Crippen molar-refractivity contribution in [3.63, 3.8) is 0 Å². The number of nitrogens with zero attached hydrogens (tertiary/aromatic N) is 3. The molecule has 0 spiro atoms. The van der Waals surface area contributed by atoms with Gasteiger partial charge in [0.1, 0.15) is 11.8 Å². The summed E-state index contributed by atoms with van der Waals surface area (Å²) >= 11 is 0. The first-order valence-electron chi connectivity index (χ1n) is 5.01. The molecule has 0 N–H and O–H groups in total. The van der Waals surface area contributed by atoms with E-state index in [0.717, 1.165) is 0 Å². The summed E-state index contributed by atoms with van der Waals surface area (Å²) in [6.45, 7) is 3.67. The van der Waals surface area contributed by atoms with Crippen molar-refractivity contribution in [1.29, 1.82) is 5.26 Å². The van der Waals surface area contributed by atoms with Crippen LogP contribution >= 0.6 is 0 Å². The van der Waals surface area contributed by atoms with Crippen LogP contribution in [0.5, 0.6) is 0 Å². The number of carbonyl (C=O) groups excluding carboxylic acids is 1. The zero-order chi connectivity index (χ0) is 12.4. The molecule has 17 heavy (non-hydrogen) atoms. The quantitative estimate of drug-likeness (QED) is 0.729. The first-order valence-corrected chi connectivity index (χ1v) is 5.01. The van der Waals surface area contributed by atoms with E-state index >= 15 is 0 Å². The van der Waals surface area contributed by atoms with Crippen LogP contribution in [-0.2, 0) is 4.74 Å². The van der Waals surface area contributed by atoms with Crippen LogP contribution in [0.3, 0.4) is 0 Å². The molecule has 0 aromatic carbocycles. The number of fused-ring (bicyclic) bond motifs is 1. The highest BCUT2D eigenvalue weighted by Crippen LogP contribution is 2.22. The first kappa shape index (κ1) is 11.1. The highest BCUT2D eigenvalue weighted by molar-refractivity contribution is 6.03. The number of ether oxygens (including phenoxy) is 1. The lowest BCUT2D eigenvalue weighted by atomic mass is 10.1. The molecular formula is C11H9N3O3. The van der Waals surface area contributed by atoms with Crippen LogP contribution in [0.25, 0.3) is 11.1 Å². The maximum atomic E-state index is 11.7. The number of aromatic nitrogens is 2. The molecule has 0 amide bonds. The van der Waals surface area contributed by atoms with Gasteiger partial charge < -0.3 is 9.26 Å².